The molecule has 0 unspecified atom stereocenters. The first kappa shape index (κ1) is 18.4. The van der Waals surface area contributed by atoms with Gasteiger partial charge in [0.2, 0.25) is 5.88 Å². The molecule has 0 spiro atoms. The Morgan fingerprint density at radius 2 is 2.00 bits per heavy atom. The van der Waals surface area contributed by atoms with E-state index in [0.29, 0.717) is 16.6 Å². The van der Waals surface area contributed by atoms with Crippen LogP contribution in [0.3, 0.4) is 0 Å². The molecule has 0 radical (unpaired) electrons. The minimum Gasteiger partial charge on any atom is -0.467 e. The van der Waals surface area contributed by atoms with Crippen molar-refractivity contribution in [2.45, 2.75) is 6.92 Å². The van der Waals surface area contributed by atoms with Crippen LogP contribution in [0.4, 0.5) is 5.69 Å². The van der Waals surface area contributed by atoms with Crippen molar-refractivity contribution in [2.75, 3.05) is 11.9 Å². The average molecular weight is 410 g/mol. The zero-order valence-electron chi connectivity index (χ0n) is 15.0. The average Bonchev–Trinajstić information content (AvgIpc) is 3.15. The number of nitrogens with one attached hydrogen (secondary N) is 1. The third-order valence-corrected chi connectivity index (χ3v) is 5.36. The summed E-state index contributed by atoms with van der Waals surface area (Å²) in [6.45, 7) is 1.74. The van der Waals surface area contributed by atoms with Gasteiger partial charge in [-0.3, -0.25) is 4.79 Å². The molecule has 2 aromatic carbocycles. The fourth-order valence-corrected chi connectivity index (χ4v) is 3.91. The summed E-state index contributed by atoms with van der Waals surface area (Å²) in [6, 6.07) is 15.3. The fraction of sp³-hybridized carbons (Fsp3) is 0.0952. The molecule has 1 amide bonds. The summed E-state index contributed by atoms with van der Waals surface area (Å²) >= 11 is 7.52. The van der Waals surface area contributed by atoms with Gasteiger partial charge in [-0.25, -0.2) is 9.97 Å². The summed E-state index contributed by atoms with van der Waals surface area (Å²) < 4.78 is 5.75. The molecule has 0 aliphatic heterocycles. The van der Waals surface area contributed by atoms with E-state index >= 15 is 0 Å². The highest BCUT2D eigenvalue weighted by Crippen LogP contribution is 2.37. The third kappa shape index (κ3) is 3.83. The van der Waals surface area contributed by atoms with Gasteiger partial charge in [-0.15, -0.1) is 11.3 Å². The number of carbonyl (C=O) groups excluding carboxylic acids is 1. The normalized spacial score (nSPS) is 10.8. The first-order valence-corrected chi connectivity index (χ1v) is 9.84. The molecule has 5 nitrogen and oxygen atoms in total. The number of nitrogens with zero attached hydrogens (tertiary/aromatic N) is 2. The predicted octanol–water partition coefficient (Wildman–Crippen LogP) is 5.34. The first-order chi connectivity index (χ1) is 13.6. The number of thiophene rings is 1. The molecule has 2 heterocycles. The molecule has 2 aromatic heterocycles. The van der Waals surface area contributed by atoms with Crippen LogP contribution in [0.15, 0.2) is 60.2 Å². The number of aromatic nitrogens is 2. The number of amides is 1. The monoisotopic (exact) mass is 409 g/mol. The highest BCUT2D eigenvalue weighted by molar-refractivity contribution is 7.17. The van der Waals surface area contributed by atoms with Crippen LogP contribution in [0.2, 0.25) is 5.02 Å². The number of ether oxygens (including phenoxy) is 1. The van der Waals surface area contributed by atoms with Crippen molar-refractivity contribution in [3.8, 4) is 17.0 Å². The van der Waals surface area contributed by atoms with E-state index in [9.17, 15) is 4.79 Å². The second-order valence-corrected chi connectivity index (χ2v) is 7.47. The lowest BCUT2D eigenvalue weighted by atomic mass is 10.1. The number of benzene rings is 2. The topological polar surface area (TPSA) is 64.1 Å². The number of aryl methyl sites for hydroxylation is 1. The molecule has 0 saturated heterocycles. The summed E-state index contributed by atoms with van der Waals surface area (Å²) in [5.74, 6) is 0.108. The molecule has 0 fully saturated rings. The molecule has 0 aliphatic rings. The van der Waals surface area contributed by atoms with Gasteiger partial charge in [-0.1, -0.05) is 48.0 Å². The van der Waals surface area contributed by atoms with Crippen LogP contribution in [0.5, 0.6) is 5.88 Å². The SMILES string of the molecule is Cc1ccc(Cl)cc1NC(=O)COc1ncnc2scc(-c3ccccc3)c12. The van der Waals surface area contributed by atoms with Gasteiger partial charge in [0, 0.05) is 21.7 Å². The van der Waals surface area contributed by atoms with Crippen molar-refractivity contribution >= 4 is 44.7 Å². The highest BCUT2D eigenvalue weighted by Gasteiger charge is 2.15. The maximum Gasteiger partial charge on any atom is 0.262 e. The lowest BCUT2D eigenvalue weighted by Gasteiger charge is -2.10. The molecule has 1 N–H and O–H groups in total. The van der Waals surface area contributed by atoms with E-state index < -0.39 is 0 Å². The minimum atomic E-state index is -0.284. The summed E-state index contributed by atoms with van der Waals surface area (Å²) in [4.78, 5) is 21.7. The van der Waals surface area contributed by atoms with E-state index in [0.717, 1.165) is 26.9 Å². The Labute approximate surface area is 171 Å². The molecule has 4 rings (SSSR count). The van der Waals surface area contributed by atoms with E-state index in [2.05, 4.69) is 15.3 Å². The van der Waals surface area contributed by atoms with Crippen LogP contribution < -0.4 is 10.1 Å². The molecule has 7 heteroatoms. The van der Waals surface area contributed by atoms with Crippen LogP contribution in [-0.2, 0) is 4.79 Å². The van der Waals surface area contributed by atoms with Crippen LogP contribution >= 0.6 is 22.9 Å². The van der Waals surface area contributed by atoms with Gasteiger partial charge >= 0.3 is 0 Å². The van der Waals surface area contributed by atoms with E-state index in [1.54, 1.807) is 12.1 Å². The lowest BCUT2D eigenvalue weighted by molar-refractivity contribution is -0.118. The standard InChI is InChI=1S/C21H16ClN3O2S/c1-13-7-8-15(22)9-17(13)25-18(26)10-27-20-19-16(14-5-3-2-4-6-14)11-28-21(19)24-12-23-20/h2-9,11-12H,10H2,1H3,(H,25,26). The zero-order chi connectivity index (χ0) is 19.5. The Morgan fingerprint density at radius 1 is 1.18 bits per heavy atom. The molecular weight excluding hydrogens is 394 g/mol. The van der Waals surface area contributed by atoms with Gasteiger partial charge in [0.25, 0.3) is 5.91 Å². The van der Waals surface area contributed by atoms with Gasteiger partial charge in [0.05, 0.1) is 5.39 Å². The van der Waals surface area contributed by atoms with Crippen molar-refractivity contribution in [1.82, 2.24) is 9.97 Å². The Balaban J connectivity index is 1.56. The third-order valence-electron chi connectivity index (χ3n) is 4.23. The summed E-state index contributed by atoms with van der Waals surface area (Å²) in [7, 11) is 0. The van der Waals surface area contributed by atoms with Crippen molar-refractivity contribution in [3.05, 3.63) is 70.8 Å². The maximum atomic E-state index is 12.4. The number of fused-ring (bicyclic) bond motifs is 1. The van der Waals surface area contributed by atoms with Crippen LogP contribution in [0, 0.1) is 6.92 Å². The molecule has 28 heavy (non-hydrogen) atoms. The summed E-state index contributed by atoms with van der Waals surface area (Å²) in [5, 5.41) is 6.22. The zero-order valence-corrected chi connectivity index (χ0v) is 16.6. The smallest absolute Gasteiger partial charge is 0.262 e. The first-order valence-electron chi connectivity index (χ1n) is 8.58. The second-order valence-electron chi connectivity index (χ2n) is 6.17. The van der Waals surface area contributed by atoms with Gasteiger partial charge in [-0.05, 0) is 30.2 Å². The van der Waals surface area contributed by atoms with Crippen molar-refractivity contribution in [2.24, 2.45) is 0 Å². The van der Waals surface area contributed by atoms with Gasteiger partial charge in [0.1, 0.15) is 11.2 Å². The number of anilines is 1. The molecular formula is C21H16ClN3O2S. The predicted molar refractivity (Wildman–Crippen MR) is 113 cm³/mol. The number of hydrogen-bond donors (Lipinski definition) is 1. The highest BCUT2D eigenvalue weighted by atomic mass is 35.5. The van der Waals surface area contributed by atoms with Crippen molar-refractivity contribution < 1.29 is 9.53 Å². The molecule has 4 aromatic rings. The molecule has 0 bridgehead atoms. The number of halogens is 1. The minimum absolute atomic E-state index is 0.165. The van der Waals surface area contributed by atoms with E-state index in [1.807, 2.05) is 48.7 Å². The van der Waals surface area contributed by atoms with Crippen LogP contribution in [-0.4, -0.2) is 22.5 Å². The van der Waals surface area contributed by atoms with E-state index in [1.165, 1.54) is 17.7 Å². The summed E-state index contributed by atoms with van der Waals surface area (Å²) in [6.07, 6.45) is 1.45. The Bertz CT molecular complexity index is 1150. The van der Waals surface area contributed by atoms with E-state index in [-0.39, 0.29) is 12.5 Å². The van der Waals surface area contributed by atoms with Gasteiger partial charge in [0.15, 0.2) is 6.61 Å². The fourth-order valence-electron chi connectivity index (χ4n) is 2.84. The molecule has 0 saturated carbocycles. The van der Waals surface area contributed by atoms with Crippen molar-refractivity contribution in [3.63, 3.8) is 0 Å². The Morgan fingerprint density at radius 3 is 2.82 bits per heavy atom. The molecule has 140 valence electrons. The van der Waals surface area contributed by atoms with Crippen LogP contribution in [0.1, 0.15) is 5.56 Å². The largest absolute Gasteiger partial charge is 0.467 e. The number of hydrogen-bond acceptors (Lipinski definition) is 5. The van der Waals surface area contributed by atoms with Crippen LogP contribution in [0.25, 0.3) is 21.3 Å². The quantitative estimate of drug-likeness (QED) is 0.483. The number of rotatable bonds is 5. The van der Waals surface area contributed by atoms with Gasteiger partial charge in [-0.2, -0.15) is 0 Å². The molecule has 0 aliphatic carbocycles. The maximum absolute atomic E-state index is 12.4. The van der Waals surface area contributed by atoms with Crippen molar-refractivity contribution in [1.29, 1.82) is 0 Å². The number of carbonyl (C=O) groups is 1. The Kier molecular flexibility index (Phi) is 5.23. The second kappa shape index (κ2) is 7.96. The van der Waals surface area contributed by atoms with Gasteiger partial charge < -0.3 is 10.1 Å². The molecule has 0 atom stereocenters. The Hall–Kier alpha value is -2.96. The lowest BCUT2D eigenvalue weighted by Crippen LogP contribution is -2.21. The summed E-state index contributed by atoms with van der Waals surface area (Å²) in [5.41, 5.74) is 3.62. The van der Waals surface area contributed by atoms with E-state index in [4.69, 9.17) is 16.3 Å².